The zero-order valence-electron chi connectivity index (χ0n) is 12.7. The molecule has 0 aliphatic carbocycles. The summed E-state index contributed by atoms with van der Waals surface area (Å²) in [5.74, 6) is 1.11. The first-order valence-electron chi connectivity index (χ1n) is 6.97. The highest BCUT2D eigenvalue weighted by Gasteiger charge is 2.12. The number of hydrogen-bond donors (Lipinski definition) is 1. The number of pyridine rings is 1. The molecule has 0 saturated heterocycles. The van der Waals surface area contributed by atoms with E-state index in [-0.39, 0.29) is 0 Å². The highest BCUT2D eigenvalue weighted by Crippen LogP contribution is 2.22. The molecule has 0 aliphatic heterocycles. The Labute approximate surface area is 125 Å². The van der Waals surface area contributed by atoms with Crippen molar-refractivity contribution in [1.29, 1.82) is 0 Å². The van der Waals surface area contributed by atoms with Crippen molar-refractivity contribution in [2.24, 2.45) is 0 Å². The van der Waals surface area contributed by atoms with Crippen LogP contribution in [0.1, 0.15) is 21.7 Å². The highest BCUT2D eigenvalue weighted by molar-refractivity contribution is 7.09. The molecular weight excluding hydrogens is 266 g/mol. The van der Waals surface area contributed by atoms with Crippen LogP contribution in [0.2, 0.25) is 0 Å². The number of aromatic nitrogens is 1. The average Bonchev–Trinajstić information content (AvgIpc) is 2.92. The zero-order chi connectivity index (χ0) is 14.5. The van der Waals surface area contributed by atoms with Gasteiger partial charge in [-0.3, -0.25) is 0 Å². The maximum absolute atomic E-state index is 4.74. The third-order valence-corrected chi connectivity index (χ3v) is 4.38. The van der Waals surface area contributed by atoms with Crippen LogP contribution in [0.4, 0.5) is 5.82 Å². The van der Waals surface area contributed by atoms with Crippen molar-refractivity contribution in [3.8, 4) is 0 Å². The van der Waals surface area contributed by atoms with E-state index in [0.717, 1.165) is 31.0 Å². The quantitative estimate of drug-likeness (QED) is 0.885. The van der Waals surface area contributed by atoms with Crippen molar-refractivity contribution in [3.63, 3.8) is 0 Å². The fourth-order valence-corrected chi connectivity index (χ4v) is 3.09. The van der Waals surface area contributed by atoms with Gasteiger partial charge in [0.05, 0.1) is 0 Å². The van der Waals surface area contributed by atoms with E-state index in [9.17, 15) is 0 Å². The maximum atomic E-state index is 4.74. The summed E-state index contributed by atoms with van der Waals surface area (Å²) in [5.41, 5.74) is 3.69. The Kier molecular flexibility index (Phi) is 5.15. The predicted octanol–water partition coefficient (Wildman–Crippen LogP) is 3.16. The van der Waals surface area contributed by atoms with E-state index in [2.05, 4.69) is 54.7 Å². The Morgan fingerprint density at radius 1 is 1.35 bits per heavy atom. The first-order valence-corrected chi connectivity index (χ1v) is 7.85. The van der Waals surface area contributed by atoms with Crippen molar-refractivity contribution in [2.75, 3.05) is 25.5 Å². The summed E-state index contributed by atoms with van der Waals surface area (Å²) in [5, 5.41) is 5.38. The molecule has 2 rings (SSSR count). The van der Waals surface area contributed by atoms with Gasteiger partial charge in [-0.05, 0) is 50.4 Å². The third-order valence-electron chi connectivity index (χ3n) is 3.44. The van der Waals surface area contributed by atoms with Gasteiger partial charge in [0.25, 0.3) is 0 Å². The predicted molar refractivity (Wildman–Crippen MR) is 87.8 cm³/mol. The van der Waals surface area contributed by atoms with E-state index < -0.39 is 0 Å². The number of likely N-dealkylation sites (N-methyl/N-ethyl adjacent to an activating group) is 1. The van der Waals surface area contributed by atoms with Gasteiger partial charge in [-0.1, -0.05) is 6.07 Å². The molecule has 0 aliphatic rings. The van der Waals surface area contributed by atoms with E-state index in [0.29, 0.717) is 0 Å². The van der Waals surface area contributed by atoms with Crippen LogP contribution in [0.25, 0.3) is 0 Å². The Hall–Kier alpha value is -1.39. The highest BCUT2D eigenvalue weighted by atomic mass is 32.1. The van der Waals surface area contributed by atoms with Gasteiger partial charge in [-0.15, -0.1) is 11.3 Å². The average molecular weight is 289 g/mol. The van der Waals surface area contributed by atoms with Crippen LogP contribution in [0.3, 0.4) is 0 Å². The molecule has 0 fully saturated rings. The number of hydrogen-bond acceptors (Lipinski definition) is 4. The molecule has 20 heavy (non-hydrogen) atoms. The van der Waals surface area contributed by atoms with Crippen molar-refractivity contribution in [2.45, 2.75) is 26.8 Å². The SMILES string of the molecule is CNCc1c(C)cc(C)nc1N(C)CCc1cccs1. The lowest BCUT2D eigenvalue weighted by Gasteiger charge is -2.23. The first kappa shape index (κ1) is 15.0. The summed E-state index contributed by atoms with van der Waals surface area (Å²) in [7, 11) is 4.11. The van der Waals surface area contributed by atoms with Crippen LogP contribution in [-0.4, -0.2) is 25.6 Å². The number of nitrogens with one attached hydrogen (secondary N) is 1. The van der Waals surface area contributed by atoms with Gasteiger partial charge in [0.15, 0.2) is 0 Å². The molecule has 2 aromatic heterocycles. The van der Waals surface area contributed by atoms with E-state index in [1.54, 1.807) is 0 Å². The van der Waals surface area contributed by atoms with Crippen molar-refractivity contribution >= 4 is 17.2 Å². The number of aryl methyl sites for hydroxylation is 2. The molecular formula is C16H23N3S. The molecule has 2 aromatic rings. The van der Waals surface area contributed by atoms with Crippen molar-refractivity contribution < 1.29 is 0 Å². The van der Waals surface area contributed by atoms with Crippen LogP contribution < -0.4 is 10.2 Å². The van der Waals surface area contributed by atoms with E-state index >= 15 is 0 Å². The molecule has 0 spiro atoms. The van der Waals surface area contributed by atoms with Crippen molar-refractivity contribution in [3.05, 3.63) is 45.3 Å². The molecule has 0 saturated carbocycles. The summed E-state index contributed by atoms with van der Waals surface area (Å²) in [6.07, 6.45) is 1.07. The molecule has 0 bridgehead atoms. The molecule has 0 aromatic carbocycles. The second-order valence-corrected chi connectivity index (χ2v) is 6.20. The monoisotopic (exact) mass is 289 g/mol. The second-order valence-electron chi connectivity index (χ2n) is 5.16. The number of rotatable bonds is 6. The fourth-order valence-electron chi connectivity index (χ4n) is 2.39. The zero-order valence-corrected chi connectivity index (χ0v) is 13.5. The van der Waals surface area contributed by atoms with Crippen LogP contribution in [0, 0.1) is 13.8 Å². The Bertz CT molecular complexity index is 549. The molecule has 4 heteroatoms. The largest absolute Gasteiger partial charge is 0.359 e. The first-order chi connectivity index (χ1) is 9.61. The summed E-state index contributed by atoms with van der Waals surface area (Å²) < 4.78 is 0. The molecule has 1 N–H and O–H groups in total. The standard InChI is InChI=1S/C16H23N3S/c1-12-10-13(2)18-16(15(12)11-17-3)19(4)8-7-14-6-5-9-20-14/h5-6,9-10,17H,7-8,11H2,1-4H3. The lowest BCUT2D eigenvalue weighted by Crippen LogP contribution is -2.24. The van der Waals surface area contributed by atoms with Gasteiger partial charge in [-0.25, -0.2) is 4.98 Å². The summed E-state index contributed by atoms with van der Waals surface area (Å²) in [6.45, 7) is 6.08. The van der Waals surface area contributed by atoms with Crippen LogP contribution >= 0.6 is 11.3 Å². The smallest absolute Gasteiger partial charge is 0.133 e. The molecule has 0 unspecified atom stereocenters. The lowest BCUT2D eigenvalue weighted by molar-refractivity contribution is 0.784. The van der Waals surface area contributed by atoms with Crippen LogP contribution in [0.15, 0.2) is 23.6 Å². The maximum Gasteiger partial charge on any atom is 0.133 e. The van der Waals surface area contributed by atoms with Gasteiger partial charge in [0, 0.05) is 36.3 Å². The molecule has 3 nitrogen and oxygen atoms in total. The summed E-state index contributed by atoms with van der Waals surface area (Å²) >= 11 is 1.82. The lowest BCUT2D eigenvalue weighted by atomic mass is 10.1. The molecule has 0 amide bonds. The Morgan fingerprint density at radius 3 is 2.80 bits per heavy atom. The molecule has 108 valence electrons. The molecule has 0 radical (unpaired) electrons. The normalized spacial score (nSPS) is 10.8. The second kappa shape index (κ2) is 6.86. The van der Waals surface area contributed by atoms with Gasteiger partial charge in [0.1, 0.15) is 5.82 Å². The molecule has 0 atom stereocenters. The number of nitrogens with zero attached hydrogens (tertiary/aromatic N) is 2. The van der Waals surface area contributed by atoms with Crippen molar-refractivity contribution in [1.82, 2.24) is 10.3 Å². The van der Waals surface area contributed by atoms with E-state index in [1.807, 2.05) is 18.4 Å². The van der Waals surface area contributed by atoms with Gasteiger partial charge in [-0.2, -0.15) is 0 Å². The van der Waals surface area contributed by atoms with Gasteiger partial charge < -0.3 is 10.2 Å². The van der Waals surface area contributed by atoms with Crippen LogP contribution in [0.5, 0.6) is 0 Å². The number of anilines is 1. The topological polar surface area (TPSA) is 28.2 Å². The van der Waals surface area contributed by atoms with Gasteiger partial charge in [0.2, 0.25) is 0 Å². The van der Waals surface area contributed by atoms with Crippen LogP contribution in [-0.2, 0) is 13.0 Å². The minimum absolute atomic E-state index is 0.859. The minimum atomic E-state index is 0.859. The fraction of sp³-hybridized carbons (Fsp3) is 0.438. The summed E-state index contributed by atoms with van der Waals surface area (Å²) in [6, 6.07) is 6.46. The van der Waals surface area contributed by atoms with Gasteiger partial charge >= 0.3 is 0 Å². The van der Waals surface area contributed by atoms with E-state index in [4.69, 9.17) is 4.98 Å². The summed E-state index contributed by atoms with van der Waals surface area (Å²) in [4.78, 5) is 8.44. The Balaban J connectivity index is 2.17. The third kappa shape index (κ3) is 3.58. The van der Waals surface area contributed by atoms with E-state index in [1.165, 1.54) is 16.0 Å². The number of thiophene rings is 1. The Morgan fingerprint density at radius 2 is 2.15 bits per heavy atom. The molecule has 2 heterocycles. The minimum Gasteiger partial charge on any atom is -0.359 e.